The molecular formula is C6H12N2O3. The van der Waals surface area contributed by atoms with Gasteiger partial charge < -0.3 is 9.57 Å². The van der Waals surface area contributed by atoms with Crippen LogP contribution in [0, 0.1) is 0 Å². The fourth-order valence-electron chi connectivity index (χ4n) is 0.383. The average Bonchev–Trinajstić information content (AvgIpc) is 2.00. The molecular weight excluding hydrogens is 148 g/mol. The third kappa shape index (κ3) is 5.20. The molecule has 11 heavy (non-hydrogen) atoms. The summed E-state index contributed by atoms with van der Waals surface area (Å²) < 4.78 is 4.31. The van der Waals surface area contributed by atoms with Crippen LogP contribution < -0.4 is 5.32 Å². The summed E-state index contributed by atoms with van der Waals surface area (Å²) in [5, 5.41) is 5.86. The molecule has 0 bridgehead atoms. The molecule has 0 aromatic heterocycles. The zero-order valence-corrected chi connectivity index (χ0v) is 6.88. The molecule has 0 aromatic carbocycles. The van der Waals surface area contributed by atoms with Gasteiger partial charge in [0, 0.05) is 0 Å². The number of hydrogen-bond donors (Lipinski definition) is 1. The summed E-state index contributed by atoms with van der Waals surface area (Å²) in [6, 6.07) is 0. The highest BCUT2D eigenvalue weighted by Crippen LogP contribution is 1.78. The Morgan fingerprint density at radius 2 is 2.27 bits per heavy atom. The molecule has 0 aromatic rings. The number of hydrogen-bond acceptors (Lipinski definition) is 4. The van der Waals surface area contributed by atoms with Gasteiger partial charge in [-0.2, -0.15) is 0 Å². The highest BCUT2D eigenvalue weighted by atomic mass is 16.6. The number of rotatable bonds is 2. The van der Waals surface area contributed by atoms with Crippen molar-refractivity contribution in [2.45, 2.75) is 13.8 Å². The third-order valence-corrected chi connectivity index (χ3v) is 0.799. The molecule has 0 saturated heterocycles. The first-order valence-corrected chi connectivity index (χ1v) is 3.22. The Morgan fingerprint density at radius 3 is 2.73 bits per heavy atom. The molecule has 0 fully saturated rings. The zero-order valence-electron chi connectivity index (χ0n) is 6.88. The van der Waals surface area contributed by atoms with E-state index in [0.717, 1.165) is 0 Å². The van der Waals surface area contributed by atoms with E-state index >= 15 is 0 Å². The van der Waals surface area contributed by atoms with Crippen LogP contribution in [0.5, 0.6) is 0 Å². The SMILES string of the molecule is CCON=C(C)NC(=O)OC. The highest BCUT2D eigenvalue weighted by molar-refractivity contribution is 5.93. The van der Waals surface area contributed by atoms with Crippen LogP contribution in [-0.4, -0.2) is 25.6 Å². The summed E-state index contributed by atoms with van der Waals surface area (Å²) in [5.74, 6) is 0.374. The summed E-state index contributed by atoms with van der Waals surface area (Å²) in [7, 11) is 1.28. The van der Waals surface area contributed by atoms with Gasteiger partial charge in [-0.3, -0.25) is 5.32 Å². The minimum absolute atomic E-state index is 0.374. The van der Waals surface area contributed by atoms with E-state index in [0.29, 0.717) is 12.4 Å². The van der Waals surface area contributed by atoms with Crippen molar-refractivity contribution in [2.24, 2.45) is 5.16 Å². The van der Waals surface area contributed by atoms with Gasteiger partial charge in [0.05, 0.1) is 7.11 Å². The Morgan fingerprint density at radius 1 is 1.64 bits per heavy atom. The van der Waals surface area contributed by atoms with Gasteiger partial charge in [0.1, 0.15) is 12.4 Å². The first kappa shape index (κ1) is 9.74. The maximum Gasteiger partial charge on any atom is 0.412 e. The van der Waals surface area contributed by atoms with Crippen LogP contribution in [0.1, 0.15) is 13.8 Å². The van der Waals surface area contributed by atoms with Crippen molar-refractivity contribution in [1.29, 1.82) is 0 Å². The summed E-state index contributed by atoms with van der Waals surface area (Å²) in [5.41, 5.74) is 0. The molecule has 0 spiro atoms. The average molecular weight is 160 g/mol. The summed E-state index contributed by atoms with van der Waals surface area (Å²) in [4.78, 5) is 15.2. The van der Waals surface area contributed by atoms with Crippen LogP contribution in [0.25, 0.3) is 0 Å². The molecule has 0 heterocycles. The smallest absolute Gasteiger partial charge is 0.412 e. The van der Waals surface area contributed by atoms with Gasteiger partial charge in [0.25, 0.3) is 0 Å². The zero-order chi connectivity index (χ0) is 8.69. The van der Waals surface area contributed by atoms with Gasteiger partial charge >= 0.3 is 6.09 Å². The van der Waals surface area contributed by atoms with E-state index in [2.05, 4.69) is 20.0 Å². The van der Waals surface area contributed by atoms with Crippen molar-refractivity contribution in [3.8, 4) is 0 Å². The maximum atomic E-state index is 10.5. The maximum absolute atomic E-state index is 10.5. The lowest BCUT2D eigenvalue weighted by Crippen LogP contribution is -2.28. The Labute approximate surface area is 65.4 Å². The lowest BCUT2D eigenvalue weighted by atomic mass is 10.7. The number of ether oxygens (including phenoxy) is 1. The molecule has 64 valence electrons. The molecule has 0 unspecified atom stereocenters. The van der Waals surface area contributed by atoms with Crippen LogP contribution in [-0.2, 0) is 9.57 Å². The molecule has 0 rings (SSSR count). The monoisotopic (exact) mass is 160 g/mol. The van der Waals surface area contributed by atoms with Gasteiger partial charge in [-0.15, -0.1) is 0 Å². The second-order valence-electron chi connectivity index (χ2n) is 1.71. The van der Waals surface area contributed by atoms with E-state index in [-0.39, 0.29) is 0 Å². The number of nitrogens with zero attached hydrogens (tertiary/aromatic N) is 1. The normalized spacial score (nSPS) is 10.6. The first-order valence-electron chi connectivity index (χ1n) is 3.22. The summed E-state index contributed by atoms with van der Waals surface area (Å²) >= 11 is 0. The Balaban J connectivity index is 3.66. The van der Waals surface area contributed by atoms with E-state index in [1.165, 1.54) is 7.11 Å². The standard InChI is InChI=1S/C6H12N2O3/c1-4-11-8-5(2)7-6(9)10-3/h4H2,1-3H3,(H,7,8,9). The van der Waals surface area contributed by atoms with E-state index in [1.54, 1.807) is 13.8 Å². The second kappa shape index (κ2) is 5.52. The van der Waals surface area contributed by atoms with Crippen LogP contribution >= 0.6 is 0 Å². The summed E-state index contributed by atoms with van der Waals surface area (Å²) in [6.45, 7) is 3.88. The molecule has 5 heteroatoms. The molecule has 0 atom stereocenters. The lowest BCUT2D eigenvalue weighted by Gasteiger charge is -2.00. The first-order chi connectivity index (χ1) is 5.20. The number of carbonyl (C=O) groups is 1. The molecule has 0 radical (unpaired) electrons. The number of alkyl carbamates (subject to hydrolysis) is 1. The molecule has 0 saturated carbocycles. The molecule has 0 aliphatic heterocycles. The van der Waals surface area contributed by atoms with Crippen molar-refractivity contribution in [2.75, 3.05) is 13.7 Å². The van der Waals surface area contributed by atoms with Crippen molar-refractivity contribution in [3.05, 3.63) is 0 Å². The second-order valence-corrected chi connectivity index (χ2v) is 1.71. The van der Waals surface area contributed by atoms with E-state index in [1.807, 2.05) is 0 Å². The fraction of sp³-hybridized carbons (Fsp3) is 0.667. The molecule has 5 nitrogen and oxygen atoms in total. The quantitative estimate of drug-likeness (QED) is 0.367. The molecule has 0 aliphatic rings. The number of amides is 1. The third-order valence-electron chi connectivity index (χ3n) is 0.799. The van der Waals surface area contributed by atoms with E-state index in [9.17, 15) is 4.79 Å². The van der Waals surface area contributed by atoms with Gasteiger partial charge in [-0.25, -0.2) is 4.79 Å². The number of oxime groups is 1. The van der Waals surface area contributed by atoms with Crippen molar-refractivity contribution in [3.63, 3.8) is 0 Å². The van der Waals surface area contributed by atoms with Crippen molar-refractivity contribution >= 4 is 11.9 Å². The highest BCUT2D eigenvalue weighted by Gasteiger charge is 1.98. The minimum atomic E-state index is -0.550. The number of amidine groups is 1. The summed E-state index contributed by atoms with van der Waals surface area (Å²) in [6.07, 6.45) is -0.550. The van der Waals surface area contributed by atoms with Crippen molar-refractivity contribution in [1.82, 2.24) is 5.32 Å². The number of nitrogens with one attached hydrogen (secondary N) is 1. The molecule has 1 amide bonds. The van der Waals surface area contributed by atoms with Crippen molar-refractivity contribution < 1.29 is 14.4 Å². The molecule has 0 aliphatic carbocycles. The lowest BCUT2D eigenvalue weighted by molar-refractivity contribution is 0.154. The van der Waals surface area contributed by atoms with Crippen LogP contribution in [0.3, 0.4) is 0 Å². The van der Waals surface area contributed by atoms with Gasteiger partial charge in [-0.05, 0) is 13.8 Å². The minimum Gasteiger partial charge on any atom is -0.453 e. The number of carbonyl (C=O) groups excluding carboxylic acids is 1. The van der Waals surface area contributed by atoms with Crippen LogP contribution in [0.4, 0.5) is 4.79 Å². The topological polar surface area (TPSA) is 59.9 Å². The van der Waals surface area contributed by atoms with Gasteiger partial charge in [0.2, 0.25) is 0 Å². The Hall–Kier alpha value is -1.26. The van der Waals surface area contributed by atoms with Gasteiger partial charge in [0.15, 0.2) is 0 Å². The van der Waals surface area contributed by atoms with Gasteiger partial charge in [-0.1, -0.05) is 5.16 Å². The number of methoxy groups -OCH3 is 1. The van der Waals surface area contributed by atoms with E-state index < -0.39 is 6.09 Å². The van der Waals surface area contributed by atoms with Crippen LogP contribution in [0.2, 0.25) is 0 Å². The predicted molar refractivity (Wildman–Crippen MR) is 40.3 cm³/mol. The largest absolute Gasteiger partial charge is 0.453 e. The molecule has 1 N–H and O–H groups in total. The van der Waals surface area contributed by atoms with E-state index in [4.69, 9.17) is 0 Å². The Bertz CT molecular complexity index is 156. The Kier molecular flexibility index (Phi) is 4.89. The fourth-order valence-corrected chi connectivity index (χ4v) is 0.383. The predicted octanol–water partition coefficient (Wildman–Crippen LogP) is 0.712. The van der Waals surface area contributed by atoms with Crippen LogP contribution in [0.15, 0.2) is 5.16 Å².